The summed E-state index contributed by atoms with van der Waals surface area (Å²) in [6, 6.07) is 5.41. The highest BCUT2D eigenvalue weighted by Crippen LogP contribution is 2.27. The summed E-state index contributed by atoms with van der Waals surface area (Å²) in [4.78, 5) is 13.8. The standard InChI is InChI=1S/C13H20BrN3O/c1-4-7-16-13(18)9(2)17(3)12-6-5-10(14)8-11(12)15/h5-6,8-9H,4,7,15H2,1-3H3,(H,16,18). The second kappa shape index (κ2) is 6.64. The fourth-order valence-electron chi connectivity index (χ4n) is 1.63. The van der Waals surface area contributed by atoms with Crippen molar-refractivity contribution in [1.82, 2.24) is 5.32 Å². The van der Waals surface area contributed by atoms with Crippen LogP contribution in [0.25, 0.3) is 0 Å². The summed E-state index contributed by atoms with van der Waals surface area (Å²) in [6.45, 7) is 4.60. The molecule has 18 heavy (non-hydrogen) atoms. The zero-order valence-electron chi connectivity index (χ0n) is 11.0. The maximum absolute atomic E-state index is 11.9. The molecule has 1 aromatic carbocycles. The Labute approximate surface area is 117 Å². The number of benzene rings is 1. The minimum absolute atomic E-state index is 0.0154. The molecular formula is C13H20BrN3O. The molecule has 1 atom stereocenters. The molecule has 0 heterocycles. The largest absolute Gasteiger partial charge is 0.397 e. The SMILES string of the molecule is CCCNC(=O)C(C)N(C)c1ccc(Br)cc1N. The number of amides is 1. The third kappa shape index (κ3) is 3.63. The Morgan fingerprint density at radius 2 is 2.22 bits per heavy atom. The Hall–Kier alpha value is -1.23. The molecule has 100 valence electrons. The Kier molecular flexibility index (Phi) is 5.47. The van der Waals surface area contributed by atoms with Crippen molar-refractivity contribution in [2.45, 2.75) is 26.3 Å². The van der Waals surface area contributed by atoms with Gasteiger partial charge in [0, 0.05) is 18.1 Å². The quantitative estimate of drug-likeness (QED) is 0.821. The lowest BCUT2D eigenvalue weighted by molar-refractivity contribution is -0.121. The maximum Gasteiger partial charge on any atom is 0.242 e. The average Bonchev–Trinajstić information content (AvgIpc) is 2.34. The van der Waals surface area contributed by atoms with Crippen molar-refractivity contribution in [2.24, 2.45) is 0 Å². The van der Waals surface area contributed by atoms with Crippen LogP contribution < -0.4 is 16.0 Å². The van der Waals surface area contributed by atoms with Gasteiger partial charge < -0.3 is 16.0 Å². The van der Waals surface area contributed by atoms with E-state index in [0.29, 0.717) is 12.2 Å². The first-order valence-electron chi connectivity index (χ1n) is 6.03. The molecule has 3 N–H and O–H groups in total. The van der Waals surface area contributed by atoms with E-state index in [-0.39, 0.29) is 11.9 Å². The summed E-state index contributed by atoms with van der Waals surface area (Å²) in [7, 11) is 1.87. The molecule has 1 unspecified atom stereocenters. The number of likely N-dealkylation sites (N-methyl/N-ethyl adjacent to an activating group) is 1. The molecule has 0 saturated heterocycles. The van der Waals surface area contributed by atoms with Crippen molar-refractivity contribution in [1.29, 1.82) is 0 Å². The van der Waals surface area contributed by atoms with E-state index in [0.717, 1.165) is 16.6 Å². The highest BCUT2D eigenvalue weighted by Gasteiger charge is 2.19. The molecule has 1 rings (SSSR count). The Morgan fingerprint density at radius 1 is 1.56 bits per heavy atom. The van der Waals surface area contributed by atoms with Crippen molar-refractivity contribution >= 4 is 33.2 Å². The van der Waals surface area contributed by atoms with Gasteiger partial charge in [0.25, 0.3) is 0 Å². The Bertz CT molecular complexity index is 423. The lowest BCUT2D eigenvalue weighted by atomic mass is 10.2. The summed E-state index contributed by atoms with van der Waals surface area (Å²) in [5, 5.41) is 2.88. The summed E-state index contributed by atoms with van der Waals surface area (Å²) in [6.07, 6.45) is 0.933. The average molecular weight is 314 g/mol. The molecule has 0 aliphatic heterocycles. The number of nitrogens with one attached hydrogen (secondary N) is 1. The van der Waals surface area contributed by atoms with Gasteiger partial charge in [-0.2, -0.15) is 0 Å². The maximum atomic E-state index is 11.9. The number of carbonyl (C=O) groups excluding carboxylic acids is 1. The molecule has 5 heteroatoms. The van der Waals surface area contributed by atoms with Crippen molar-refractivity contribution in [3.8, 4) is 0 Å². The third-order valence-corrected chi connectivity index (χ3v) is 3.37. The smallest absolute Gasteiger partial charge is 0.242 e. The van der Waals surface area contributed by atoms with Gasteiger partial charge in [0.15, 0.2) is 0 Å². The number of hydrogen-bond donors (Lipinski definition) is 2. The third-order valence-electron chi connectivity index (χ3n) is 2.88. The number of rotatable bonds is 5. The van der Waals surface area contributed by atoms with Crippen LogP contribution in [0.4, 0.5) is 11.4 Å². The molecular weight excluding hydrogens is 294 g/mol. The molecule has 0 radical (unpaired) electrons. The van der Waals surface area contributed by atoms with Crippen LogP contribution in [0.3, 0.4) is 0 Å². The minimum Gasteiger partial charge on any atom is -0.397 e. The molecule has 4 nitrogen and oxygen atoms in total. The zero-order chi connectivity index (χ0) is 13.7. The van der Waals surface area contributed by atoms with Crippen LogP contribution in [0.15, 0.2) is 22.7 Å². The number of nitrogens with zero attached hydrogens (tertiary/aromatic N) is 1. The van der Waals surface area contributed by atoms with E-state index in [1.54, 1.807) is 0 Å². The van der Waals surface area contributed by atoms with Crippen LogP contribution in [0.1, 0.15) is 20.3 Å². The van der Waals surface area contributed by atoms with Crippen LogP contribution >= 0.6 is 15.9 Å². The topological polar surface area (TPSA) is 58.4 Å². The highest BCUT2D eigenvalue weighted by atomic mass is 79.9. The van der Waals surface area contributed by atoms with Crippen LogP contribution in [-0.4, -0.2) is 25.5 Å². The molecule has 0 fully saturated rings. The van der Waals surface area contributed by atoms with Crippen molar-refractivity contribution in [3.05, 3.63) is 22.7 Å². The van der Waals surface area contributed by atoms with Crippen LogP contribution in [0, 0.1) is 0 Å². The van der Waals surface area contributed by atoms with Crippen LogP contribution in [0.5, 0.6) is 0 Å². The first-order chi connectivity index (χ1) is 8.47. The van der Waals surface area contributed by atoms with Gasteiger partial charge in [-0.15, -0.1) is 0 Å². The Morgan fingerprint density at radius 3 is 2.78 bits per heavy atom. The normalized spacial score (nSPS) is 12.0. The van der Waals surface area contributed by atoms with E-state index in [2.05, 4.69) is 21.2 Å². The van der Waals surface area contributed by atoms with Gasteiger partial charge in [0.2, 0.25) is 5.91 Å². The molecule has 0 aliphatic carbocycles. The fraction of sp³-hybridized carbons (Fsp3) is 0.462. The number of nitrogens with two attached hydrogens (primary N) is 1. The lowest BCUT2D eigenvalue weighted by Gasteiger charge is -2.27. The van der Waals surface area contributed by atoms with E-state index >= 15 is 0 Å². The second-order valence-electron chi connectivity index (χ2n) is 4.28. The molecule has 0 saturated carbocycles. The van der Waals surface area contributed by atoms with E-state index in [4.69, 9.17) is 5.73 Å². The van der Waals surface area contributed by atoms with Crippen molar-refractivity contribution < 1.29 is 4.79 Å². The summed E-state index contributed by atoms with van der Waals surface area (Å²) < 4.78 is 0.931. The second-order valence-corrected chi connectivity index (χ2v) is 5.20. The van der Waals surface area contributed by atoms with Gasteiger partial charge in [-0.25, -0.2) is 0 Å². The van der Waals surface area contributed by atoms with Crippen molar-refractivity contribution in [2.75, 3.05) is 24.2 Å². The lowest BCUT2D eigenvalue weighted by Crippen LogP contribution is -2.43. The van der Waals surface area contributed by atoms with Gasteiger partial charge in [0.05, 0.1) is 11.4 Å². The first kappa shape index (κ1) is 14.8. The van der Waals surface area contributed by atoms with Gasteiger partial charge in [-0.05, 0) is 31.5 Å². The number of halogens is 1. The van der Waals surface area contributed by atoms with E-state index < -0.39 is 0 Å². The zero-order valence-corrected chi connectivity index (χ0v) is 12.6. The van der Waals surface area contributed by atoms with Gasteiger partial charge in [-0.1, -0.05) is 22.9 Å². The Balaban J connectivity index is 2.79. The number of carbonyl (C=O) groups is 1. The molecule has 1 aromatic rings. The molecule has 0 bridgehead atoms. The summed E-state index contributed by atoms with van der Waals surface area (Å²) in [5.74, 6) is 0.0154. The predicted octanol–water partition coefficient (Wildman–Crippen LogP) is 2.38. The van der Waals surface area contributed by atoms with Crippen LogP contribution in [0.2, 0.25) is 0 Å². The van der Waals surface area contributed by atoms with E-state index in [1.165, 1.54) is 0 Å². The summed E-state index contributed by atoms with van der Waals surface area (Å²) in [5.41, 5.74) is 7.47. The van der Waals surface area contributed by atoms with Gasteiger partial charge >= 0.3 is 0 Å². The molecule has 0 aliphatic rings. The van der Waals surface area contributed by atoms with Crippen molar-refractivity contribution in [3.63, 3.8) is 0 Å². The number of anilines is 2. The fourth-order valence-corrected chi connectivity index (χ4v) is 2.01. The van der Waals surface area contributed by atoms with E-state index in [1.807, 2.05) is 44.0 Å². The molecule has 0 spiro atoms. The molecule has 1 amide bonds. The van der Waals surface area contributed by atoms with E-state index in [9.17, 15) is 4.79 Å². The number of hydrogen-bond acceptors (Lipinski definition) is 3. The predicted molar refractivity (Wildman–Crippen MR) is 79.7 cm³/mol. The van der Waals surface area contributed by atoms with Gasteiger partial charge in [-0.3, -0.25) is 4.79 Å². The minimum atomic E-state index is -0.250. The summed E-state index contributed by atoms with van der Waals surface area (Å²) >= 11 is 3.37. The monoisotopic (exact) mass is 313 g/mol. The van der Waals surface area contributed by atoms with Crippen LogP contribution in [-0.2, 0) is 4.79 Å². The molecule has 0 aromatic heterocycles. The first-order valence-corrected chi connectivity index (χ1v) is 6.82. The van der Waals surface area contributed by atoms with Gasteiger partial charge in [0.1, 0.15) is 6.04 Å². The number of nitrogen functional groups attached to an aromatic ring is 1. The highest BCUT2D eigenvalue weighted by molar-refractivity contribution is 9.10.